The Morgan fingerprint density at radius 2 is 2.00 bits per heavy atom. The maximum atomic E-state index is 11.3. The molecule has 1 aliphatic rings. The van der Waals surface area contributed by atoms with E-state index in [-0.39, 0.29) is 33.6 Å². The van der Waals surface area contributed by atoms with Crippen molar-refractivity contribution < 1.29 is 8.42 Å². The molecule has 0 radical (unpaired) electrons. The Hall–Kier alpha value is -0.520. The highest BCUT2D eigenvalue weighted by Gasteiger charge is 2.29. The molecule has 1 unspecified atom stereocenters. The molecule has 9 heteroatoms. The highest BCUT2D eigenvalue weighted by Crippen LogP contribution is 2.37. The SMILES string of the molecule is CCNC(=NCC1(C)CCCS1)NCCc1ccc(S(N)(=O)=O)cc1.I. The van der Waals surface area contributed by atoms with E-state index >= 15 is 0 Å². The van der Waals surface area contributed by atoms with Crippen molar-refractivity contribution in [2.75, 3.05) is 25.4 Å². The second-order valence-corrected chi connectivity index (χ2v) is 9.71. The van der Waals surface area contributed by atoms with E-state index in [4.69, 9.17) is 10.1 Å². The predicted octanol–water partition coefficient (Wildman–Crippen LogP) is 2.34. The molecular weight excluding hydrogens is 483 g/mol. The van der Waals surface area contributed by atoms with Gasteiger partial charge in [0.15, 0.2) is 5.96 Å². The van der Waals surface area contributed by atoms with Gasteiger partial charge in [-0.2, -0.15) is 11.8 Å². The van der Waals surface area contributed by atoms with Crippen LogP contribution < -0.4 is 15.8 Å². The zero-order valence-electron chi connectivity index (χ0n) is 15.3. The lowest BCUT2D eigenvalue weighted by atomic mass is 10.1. The van der Waals surface area contributed by atoms with Gasteiger partial charge in [0.05, 0.1) is 11.4 Å². The van der Waals surface area contributed by atoms with Crippen molar-refractivity contribution in [1.29, 1.82) is 0 Å². The largest absolute Gasteiger partial charge is 0.357 e. The van der Waals surface area contributed by atoms with Gasteiger partial charge >= 0.3 is 0 Å². The van der Waals surface area contributed by atoms with Crippen molar-refractivity contribution in [3.63, 3.8) is 0 Å². The Morgan fingerprint density at radius 1 is 1.31 bits per heavy atom. The first kappa shape index (κ1) is 23.5. The lowest BCUT2D eigenvalue weighted by Gasteiger charge is -2.21. The van der Waals surface area contributed by atoms with E-state index in [1.807, 2.05) is 11.8 Å². The van der Waals surface area contributed by atoms with Crippen LogP contribution in [-0.2, 0) is 16.4 Å². The topological polar surface area (TPSA) is 96.6 Å². The first-order valence-corrected chi connectivity index (χ1v) is 11.1. The van der Waals surface area contributed by atoms with E-state index in [1.165, 1.54) is 18.6 Å². The average molecular weight is 512 g/mol. The number of nitrogens with one attached hydrogen (secondary N) is 2. The van der Waals surface area contributed by atoms with E-state index in [0.717, 1.165) is 37.6 Å². The summed E-state index contributed by atoms with van der Waals surface area (Å²) in [6.45, 7) is 6.69. The van der Waals surface area contributed by atoms with E-state index in [1.54, 1.807) is 24.3 Å². The minimum Gasteiger partial charge on any atom is -0.357 e. The summed E-state index contributed by atoms with van der Waals surface area (Å²) < 4.78 is 22.8. The number of nitrogens with zero attached hydrogens (tertiary/aromatic N) is 1. The molecule has 0 saturated carbocycles. The van der Waals surface area contributed by atoms with Gasteiger partial charge in [0.2, 0.25) is 10.0 Å². The molecule has 1 aromatic carbocycles. The van der Waals surface area contributed by atoms with Crippen LogP contribution in [0.4, 0.5) is 0 Å². The van der Waals surface area contributed by atoms with Crippen LogP contribution in [0.3, 0.4) is 0 Å². The van der Waals surface area contributed by atoms with Crippen molar-refractivity contribution in [1.82, 2.24) is 10.6 Å². The molecule has 6 nitrogen and oxygen atoms in total. The molecule has 0 bridgehead atoms. The normalized spacial score (nSPS) is 20.5. The summed E-state index contributed by atoms with van der Waals surface area (Å²) >= 11 is 2.01. The smallest absolute Gasteiger partial charge is 0.238 e. The van der Waals surface area contributed by atoms with Gasteiger partial charge in [-0.25, -0.2) is 13.6 Å². The van der Waals surface area contributed by atoms with Gasteiger partial charge in [-0.3, -0.25) is 4.99 Å². The summed E-state index contributed by atoms with van der Waals surface area (Å²) in [6, 6.07) is 6.67. The first-order valence-electron chi connectivity index (χ1n) is 8.60. The van der Waals surface area contributed by atoms with E-state index in [9.17, 15) is 8.42 Å². The predicted molar refractivity (Wildman–Crippen MR) is 121 cm³/mol. The molecule has 1 heterocycles. The Balaban J connectivity index is 0.00000338. The monoisotopic (exact) mass is 512 g/mol. The molecule has 0 aliphatic carbocycles. The van der Waals surface area contributed by atoms with Crippen LogP contribution >= 0.6 is 35.7 Å². The highest BCUT2D eigenvalue weighted by molar-refractivity contribution is 14.0. The summed E-state index contributed by atoms with van der Waals surface area (Å²) in [5.74, 6) is 2.06. The lowest BCUT2D eigenvalue weighted by Crippen LogP contribution is -2.39. The van der Waals surface area contributed by atoms with Crippen LogP contribution in [0.15, 0.2) is 34.2 Å². The van der Waals surface area contributed by atoms with Gasteiger partial charge in [-0.15, -0.1) is 24.0 Å². The summed E-state index contributed by atoms with van der Waals surface area (Å²) in [6.07, 6.45) is 3.27. The fraction of sp³-hybridized carbons (Fsp3) is 0.588. The van der Waals surface area contributed by atoms with E-state index in [2.05, 4.69) is 24.5 Å². The standard InChI is InChI=1S/C17H28N4O2S2.HI/c1-3-19-16(21-13-17(2)10-4-12-24-17)20-11-9-14-5-7-15(8-6-14)25(18,22)23;/h5-8H,3-4,9-13H2,1-2H3,(H2,18,22,23)(H2,19,20,21);1H. The number of sulfonamides is 1. The molecule has 0 amide bonds. The third kappa shape index (κ3) is 7.61. The number of aliphatic imine (C=N–C) groups is 1. The summed E-state index contributed by atoms with van der Waals surface area (Å²) in [5, 5.41) is 11.7. The molecular formula is C17H29IN4O2S2. The van der Waals surface area contributed by atoms with Gasteiger partial charge in [0.25, 0.3) is 0 Å². The van der Waals surface area contributed by atoms with Crippen molar-refractivity contribution in [3.05, 3.63) is 29.8 Å². The first-order chi connectivity index (χ1) is 11.8. The third-order valence-corrected chi connectivity index (χ3v) is 6.63. The fourth-order valence-corrected chi connectivity index (χ4v) is 4.46. The number of hydrogen-bond donors (Lipinski definition) is 3. The molecule has 1 saturated heterocycles. The number of hydrogen-bond acceptors (Lipinski definition) is 4. The van der Waals surface area contributed by atoms with Crippen LogP contribution in [-0.4, -0.2) is 44.5 Å². The second kappa shape index (κ2) is 10.7. The zero-order valence-corrected chi connectivity index (χ0v) is 19.3. The Morgan fingerprint density at radius 3 is 2.54 bits per heavy atom. The molecule has 1 aromatic rings. The van der Waals surface area contributed by atoms with Crippen LogP contribution in [0.5, 0.6) is 0 Å². The van der Waals surface area contributed by atoms with Crippen molar-refractivity contribution in [2.45, 2.75) is 42.8 Å². The van der Waals surface area contributed by atoms with Gasteiger partial charge < -0.3 is 10.6 Å². The minimum absolute atomic E-state index is 0. The molecule has 0 aromatic heterocycles. The maximum Gasteiger partial charge on any atom is 0.238 e. The van der Waals surface area contributed by atoms with Crippen molar-refractivity contribution in [3.8, 4) is 0 Å². The van der Waals surface area contributed by atoms with Gasteiger partial charge in [-0.1, -0.05) is 12.1 Å². The molecule has 1 fully saturated rings. The van der Waals surface area contributed by atoms with Crippen LogP contribution in [0.25, 0.3) is 0 Å². The van der Waals surface area contributed by atoms with Crippen LogP contribution in [0, 0.1) is 0 Å². The Bertz CT molecular complexity index is 687. The molecule has 4 N–H and O–H groups in total. The lowest BCUT2D eigenvalue weighted by molar-refractivity contribution is 0.597. The highest BCUT2D eigenvalue weighted by atomic mass is 127. The summed E-state index contributed by atoms with van der Waals surface area (Å²) in [7, 11) is -3.63. The van der Waals surface area contributed by atoms with Crippen molar-refractivity contribution >= 4 is 51.7 Å². The summed E-state index contributed by atoms with van der Waals surface area (Å²) in [5.41, 5.74) is 1.05. The molecule has 2 rings (SSSR count). The number of guanidine groups is 1. The van der Waals surface area contributed by atoms with Gasteiger partial charge in [0.1, 0.15) is 0 Å². The summed E-state index contributed by atoms with van der Waals surface area (Å²) in [4.78, 5) is 4.86. The number of benzene rings is 1. The van der Waals surface area contributed by atoms with E-state index in [0.29, 0.717) is 0 Å². The zero-order chi connectivity index (χ0) is 18.3. The number of thioether (sulfide) groups is 1. The molecule has 0 spiro atoms. The molecule has 148 valence electrons. The van der Waals surface area contributed by atoms with E-state index < -0.39 is 10.0 Å². The molecule has 1 atom stereocenters. The Labute approximate surface area is 178 Å². The minimum atomic E-state index is -3.63. The third-order valence-electron chi connectivity index (χ3n) is 4.17. The average Bonchev–Trinajstić information content (AvgIpc) is 2.99. The fourth-order valence-electron chi connectivity index (χ4n) is 2.72. The molecule has 1 aliphatic heterocycles. The van der Waals surface area contributed by atoms with Gasteiger partial charge in [0, 0.05) is 17.8 Å². The van der Waals surface area contributed by atoms with Crippen LogP contribution in [0.2, 0.25) is 0 Å². The Kier molecular flexibility index (Phi) is 9.70. The number of halogens is 1. The quantitative estimate of drug-likeness (QED) is 0.296. The number of rotatable bonds is 7. The second-order valence-electron chi connectivity index (χ2n) is 6.46. The maximum absolute atomic E-state index is 11.3. The van der Waals surface area contributed by atoms with Gasteiger partial charge in [-0.05, 0) is 56.6 Å². The number of primary sulfonamides is 1. The van der Waals surface area contributed by atoms with Crippen LogP contribution in [0.1, 0.15) is 32.3 Å². The van der Waals surface area contributed by atoms with Crippen molar-refractivity contribution in [2.24, 2.45) is 10.1 Å². The molecule has 26 heavy (non-hydrogen) atoms. The number of nitrogens with two attached hydrogens (primary N) is 1.